The van der Waals surface area contributed by atoms with E-state index in [9.17, 15) is 26.4 Å². The molecule has 0 rings (SSSR count). The maximum atomic E-state index is 10.5. The zero-order valence-corrected chi connectivity index (χ0v) is 8.91. The Morgan fingerprint density at radius 1 is 0.800 bits per heavy atom. The minimum Gasteiger partial charge on any atom is -0.280 e. The predicted molar refractivity (Wildman–Crippen MR) is 47.0 cm³/mol. The second-order valence-electron chi connectivity index (χ2n) is 2.55. The van der Waals surface area contributed by atoms with Gasteiger partial charge in [-0.2, -0.15) is 16.8 Å². The number of carbonyl (C=O) groups is 2. The first-order valence-electron chi connectivity index (χ1n) is 3.56. The smallest absolute Gasteiger partial charge is 0.280 e. The van der Waals surface area contributed by atoms with E-state index in [0.29, 0.717) is 0 Å². The molecule has 0 aromatic heterocycles. The molecule has 88 valence electrons. The van der Waals surface area contributed by atoms with Crippen LogP contribution >= 0.6 is 0 Å². The van der Waals surface area contributed by atoms with Gasteiger partial charge in [0, 0.05) is 12.8 Å². The van der Waals surface area contributed by atoms with E-state index in [1.54, 1.807) is 0 Å². The zero-order valence-electron chi connectivity index (χ0n) is 7.28. The summed E-state index contributed by atoms with van der Waals surface area (Å²) in [5.41, 5.74) is 0. The van der Waals surface area contributed by atoms with E-state index in [-0.39, 0.29) is 0 Å². The minimum absolute atomic E-state index is 0.392. The van der Waals surface area contributed by atoms with Crippen LogP contribution < -0.4 is 0 Å². The molecule has 0 amide bonds. The standard InChI is InChI=1S/C5H8O8S2/c6-4(14(8,9)10)2-1-3-5(7)15(11,12)13/h1-3H2,(H,8,9,10)(H,11,12,13). The molecule has 0 saturated heterocycles. The van der Waals surface area contributed by atoms with Gasteiger partial charge in [0.05, 0.1) is 0 Å². The van der Waals surface area contributed by atoms with Gasteiger partial charge in [0.2, 0.25) is 0 Å². The highest BCUT2D eigenvalue weighted by molar-refractivity contribution is 8.01. The third-order valence-corrected chi connectivity index (χ3v) is 2.90. The van der Waals surface area contributed by atoms with Crippen molar-refractivity contribution in [1.82, 2.24) is 0 Å². The van der Waals surface area contributed by atoms with E-state index in [2.05, 4.69) is 0 Å². The van der Waals surface area contributed by atoms with Crippen LogP contribution in [0.3, 0.4) is 0 Å². The number of rotatable bonds is 4. The van der Waals surface area contributed by atoms with Gasteiger partial charge in [0.1, 0.15) is 0 Å². The summed E-state index contributed by atoms with van der Waals surface area (Å²) in [4.78, 5) is 21.1. The second-order valence-corrected chi connectivity index (χ2v) is 5.36. The Labute approximate surface area is 85.8 Å². The van der Waals surface area contributed by atoms with Crippen LogP contribution in [0.4, 0.5) is 0 Å². The lowest BCUT2D eigenvalue weighted by Gasteiger charge is -1.96. The molecule has 10 heteroatoms. The van der Waals surface area contributed by atoms with Gasteiger partial charge in [-0.3, -0.25) is 18.7 Å². The third kappa shape index (κ3) is 5.57. The van der Waals surface area contributed by atoms with Crippen molar-refractivity contribution in [3.63, 3.8) is 0 Å². The molecular formula is C5H8O8S2. The maximum absolute atomic E-state index is 10.5. The van der Waals surface area contributed by atoms with E-state index in [4.69, 9.17) is 9.11 Å². The van der Waals surface area contributed by atoms with E-state index in [0.717, 1.165) is 0 Å². The first-order chi connectivity index (χ1) is 6.55. The highest BCUT2D eigenvalue weighted by atomic mass is 32.2. The van der Waals surface area contributed by atoms with Crippen molar-refractivity contribution >= 4 is 30.5 Å². The molecule has 0 unspecified atom stereocenters. The molecule has 15 heavy (non-hydrogen) atoms. The zero-order chi connectivity index (χ0) is 12.3. The SMILES string of the molecule is O=C(CCCC(=O)S(=O)(=O)O)S(=O)(=O)O. The van der Waals surface area contributed by atoms with Crippen LogP contribution in [0, 0.1) is 0 Å². The van der Waals surface area contributed by atoms with Crippen molar-refractivity contribution in [3.05, 3.63) is 0 Å². The van der Waals surface area contributed by atoms with Gasteiger partial charge < -0.3 is 0 Å². The van der Waals surface area contributed by atoms with Crippen LogP contribution in [0.1, 0.15) is 19.3 Å². The Kier molecular flexibility index (Phi) is 4.52. The molecule has 0 aliphatic rings. The highest BCUT2D eigenvalue weighted by Crippen LogP contribution is 2.03. The van der Waals surface area contributed by atoms with Crippen LogP contribution in [0.15, 0.2) is 0 Å². The van der Waals surface area contributed by atoms with Gasteiger partial charge in [0.15, 0.2) is 0 Å². The first-order valence-corrected chi connectivity index (χ1v) is 6.44. The first kappa shape index (κ1) is 14.2. The summed E-state index contributed by atoms with van der Waals surface area (Å²) < 4.78 is 57.0. The molecule has 0 bridgehead atoms. The summed E-state index contributed by atoms with van der Waals surface area (Å²) in [6, 6.07) is 0. The Balaban J connectivity index is 4.15. The summed E-state index contributed by atoms with van der Waals surface area (Å²) in [5, 5.41) is -3.02. The third-order valence-electron chi connectivity index (χ3n) is 1.34. The van der Waals surface area contributed by atoms with E-state index in [1.807, 2.05) is 0 Å². The quantitative estimate of drug-likeness (QED) is 0.611. The van der Waals surface area contributed by atoms with Gasteiger partial charge in [-0.1, -0.05) is 0 Å². The van der Waals surface area contributed by atoms with E-state index < -0.39 is 49.7 Å². The predicted octanol–water partition coefficient (Wildman–Crippen LogP) is -1.01. The van der Waals surface area contributed by atoms with Gasteiger partial charge >= 0.3 is 20.2 Å². The molecule has 0 radical (unpaired) electrons. The van der Waals surface area contributed by atoms with Crippen LogP contribution in [0.5, 0.6) is 0 Å². The molecule has 0 saturated carbocycles. The fraction of sp³-hybridized carbons (Fsp3) is 0.600. The molecule has 0 aliphatic heterocycles. The summed E-state index contributed by atoms with van der Waals surface area (Å²) in [6.07, 6.45) is -1.78. The molecule has 0 aromatic rings. The average molecular weight is 260 g/mol. The lowest BCUT2D eigenvalue weighted by molar-refractivity contribution is -0.113. The molecular weight excluding hydrogens is 252 g/mol. The molecule has 0 aromatic carbocycles. The van der Waals surface area contributed by atoms with Gasteiger partial charge in [-0.15, -0.1) is 0 Å². The van der Waals surface area contributed by atoms with E-state index in [1.165, 1.54) is 0 Å². The normalized spacial score (nSPS) is 12.4. The van der Waals surface area contributed by atoms with Crippen LogP contribution in [0.25, 0.3) is 0 Å². The van der Waals surface area contributed by atoms with Crippen molar-refractivity contribution < 1.29 is 35.5 Å². The topological polar surface area (TPSA) is 143 Å². The summed E-state index contributed by atoms with van der Waals surface area (Å²) in [5.74, 6) is 0. The fourth-order valence-corrected chi connectivity index (χ4v) is 1.44. The lowest BCUT2D eigenvalue weighted by Crippen LogP contribution is -2.16. The molecule has 8 nitrogen and oxygen atoms in total. The average Bonchev–Trinajstić information content (AvgIpc) is 2.00. The van der Waals surface area contributed by atoms with Crippen molar-refractivity contribution in [3.8, 4) is 0 Å². The minimum atomic E-state index is -4.80. The van der Waals surface area contributed by atoms with E-state index >= 15 is 0 Å². The highest BCUT2D eigenvalue weighted by Gasteiger charge is 2.21. The number of hydrogen-bond acceptors (Lipinski definition) is 6. The monoisotopic (exact) mass is 260 g/mol. The summed E-state index contributed by atoms with van der Waals surface area (Å²) in [7, 11) is -9.60. The Morgan fingerprint density at radius 2 is 1.07 bits per heavy atom. The molecule has 0 heterocycles. The number of carbonyl (C=O) groups excluding carboxylic acids is 2. The largest absolute Gasteiger partial charge is 0.328 e. The van der Waals surface area contributed by atoms with Crippen molar-refractivity contribution in [2.24, 2.45) is 0 Å². The molecule has 0 aliphatic carbocycles. The maximum Gasteiger partial charge on any atom is 0.328 e. The Bertz CT molecular complexity index is 411. The summed E-state index contributed by atoms with van der Waals surface area (Å²) in [6.45, 7) is 0. The van der Waals surface area contributed by atoms with Crippen LogP contribution in [-0.2, 0) is 29.8 Å². The fourth-order valence-electron chi connectivity index (χ4n) is 0.635. The molecule has 0 spiro atoms. The molecule has 2 N–H and O–H groups in total. The van der Waals surface area contributed by atoms with Crippen molar-refractivity contribution in [1.29, 1.82) is 0 Å². The van der Waals surface area contributed by atoms with Crippen LogP contribution in [-0.4, -0.2) is 36.2 Å². The Hall–Kier alpha value is -0.840. The Morgan fingerprint density at radius 3 is 1.27 bits per heavy atom. The van der Waals surface area contributed by atoms with Gasteiger partial charge in [-0.05, 0) is 6.42 Å². The van der Waals surface area contributed by atoms with Crippen molar-refractivity contribution in [2.45, 2.75) is 19.3 Å². The molecule has 0 fully saturated rings. The van der Waals surface area contributed by atoms with Crippen molar-refractivity contribution in [2.75, 3.05) is 0 Å². The summed E-state index contributed by atoms with van der Waals surface area (Å²) >= 11 is 0. The molecule has 0 atom stereocenters. The van der Waals surface area contributed by atoms with Gasteiger partial charge in [0.25, 0.3) is 10.2 Å². The lowest BCUT2D eigenvalue weighted by atomic mass is 10.3. The van der Waals surface area contributed by atoms with Crippen LogP contribution in [0.2, 0.25) is 0 Å². The number of hydrogen-bond donors (Lipinski definition) is 2. The van der Waals surface area contributed by atoms with Gasteiger partial charge in [-0.25, -0.2) is 0 Å². The second kappa shape index (κ2) is 4.79.